The Morgan fingerprint density at radius 2 is 2.13 bits per heavy atom. The molecular weight excluding hydrogens is 304 g/mol. The van der Waals surface area contributed by atoms with Crippen molar-refractivity contribution in [2.45, 2.75) is 20.3 Å². The second-order valence-corrected chi connectivity index (χ2v) is 4.64. The van der Waals surface area contributed by atoms with Gasteiger partial charge in [0.25, 0.3) is 5.69 Å². The van der Waals surface area contributed by atoms with E-state index in [0.29, 0.717) is 5.82 Å². The summed E-state index contributed by atoms with van der Waals surface area (Å²) in [6.07, 6.45) is 2.68. The first-order valence-electron chi connectivity index (χ1n) is 6.77. The number of hydrogen-bond donors (Lipinski definition) is 0. The number of Topliss-reactive ketones (excluding diaryl/α,β-unsaturated/α-hetero) is 1. The van der Waals surface area contributed by atoms with Gasteiger partial charge in [0.1, 0.15) is 17.8 Å². The van der Waals surface area contributed by atoms with Crippen LogP contribution in [0.25, 0.3) is 5.82 Å². The number of pyridine rings is 1. The predicted molar refractivity (Wildman–Crippen MR) is 78.1 cm³/mol. The largest absolute Gasteiger partial charge is 0.460 e. The van der Waals surface area contributed by atoms with E-state index in [9.17, 15) is 19.7 Å². The summed E-state index contributed by atoms with van der Waals surface area (Å²) in [6, 6.07) is 2.68. The zero-order valence-corrected chi connectivity index (χ0v) is 12.6. The van der Waals surface area contributed by atoms with Gasteiger partial charge < -0.3 is 4.74 Å². The molecule has 0 N–H and O–H groups in total. The van der Waals surface area contributed by atoms with Crippen molar-refractivity contribution < 1.29 is 19.2 Å². The summed E-state index contributed by atoms with van der Waals surface area (Å²) in [4.78, 5) is 41.8. The van der Waals surface area contributed by atoms with Gasteiger partial charge in [0.05, 0.1) is 23.6 Å². The molecule has 0 aromatic carbocycles. The molecule has 2 aromatic heterocycles. The normalized spacial score (nSPS) is 10.3. The van der Waals surface area contributed by atoms with Gasteiger partial charge in [0.15, 0.2) is 0 Å². The lowest BCUT2D eigenvalue weighted by Crippen LogP contribution is -2.20. The zero-order chi connectivity index (χ0) is 17.0. The van der Waals surface area contributed by atoms with E-state index in [1.165, 1.54) is 18.5 Å². The molecular formula is C14H14N4O5. The molecule has 0 fully saturated rings. The van der Waals surface area contributed by atoms with Crippen molar-refractivity contribution in [2.24, 2.45) is 0 Å². The Hall–Kier alpha value is -3.10. The number of nitro groups is 1. The topological polar surface area (TPSA) is 117 Å². The van der Waals surface area contributed by atoms with Crippen molar-refractivity contribution >= 4 is 17.4 Å². The van der Waals surface area contributed by atoms with Crippen LogP contribution < -0.4 is 0 Å². The van der Waals surface area contributed by atoms with E-state index < -0.39 is 23.1 Å². The SMILES string of the molecule is CCOC(=O)C(=O)Cc1nc(-n2cnc(C)c2)ccc1[N+](=O)[O-]. The Morgan fingerprint density at radius 3 is 2.70 bits per heavy atom. The van der Waals surface area contributed by atoms with Gasteiger partial charge in [-0.3, -0.25) is 19.5 Å². The molecule has 0 aliphatic heterocycles. The van der Waals surface area contributed by atoms with E-state index in [-0.39, 0.29) is 18.0 Å². The minimum Gasteiger partial charge on any atom is -0.460 e. The molecule has 0 atom stereocenters. The number of ether oxygens (including phenoxy) is 1. The van der Waals surface area contributed by atoms with Crippen LogP contribution in [-0.2, 0) is 20.7 Å². The van der Waals surface area contributed by atoms with Crippen LogP contribution in [-0.4, -0.2) is 37.8 Å². The first-order valence-corrected chi connectivity index (χ1v) is 6.77. The predicted octanol–water partition coefficient (Wildman–Crippen LogP) is 1.16. The molecule has 2 heterocycles. The molecule has 0 amide bonds. The maximum Gasteiger partial charge on any atom is 0.375 e. The summed E-state index contributed by atoms with van der Waals surface area (Å²) < 4.78 is 6.16. The lowest BCUT2D eigenvalue weighted by molar-refractivity contribution is -0.385. The molecule has 0 bridgehead atoms. The van der Waals surface area contributed by atoms with Crippen molar-refractivity contribution in [2.75, 3.05) is 6.61 Å². The number of rotatable bonds is 6. The highest BCUT2D eigenvalue weighted by atomic mass is 16.6. The van der Waals surface area contributed by atoms with Gasteiger partial charge in [0, 0.05) is 12.3 Å². The summed E-state index contributed by atoms with van der Waals surface area (Å²) in [5.74, 6) is -1.56. The minimum atomic E-state index is -1.03. The number of aryl methyl sites for hydroxylation is 1. The summed E-state index contributed by atoms with van der Waals surface area (Å²) in [7, 11) is 0. The average molecular weight is 318 g/mol. The van der Waals surface area contributed by atoms with E-state index in [1.807, 2.05) is 0 Å². The third-order valence-electron chi connectivity index (χ3n) is 2.94. The third-order valence-corrected chi connectivity index (χ3v) is 2.94. The lowest BCUT2D eigenvalue weighted by Gasteiger charge is -2.06. The standard InChI is InChI=1S/C14H14N4O5/c1-3-23-14(20)12(19)6-10-11(18(21)22)4-5-13(16-10)17-7-9(2)15-8-17/h4-5,7-8H,3,6H2,1-2H3. The summed E-state index contributed by atoms with van der Waals surface area (Å²) in [6.45, 7) is 3.40. The molecule has 0 aliphatic rings. The van der Waals surface area contributed by atoms with Crippen LogP contribution >= 0.6 is 0 Å². The Morgan fingerprint density at radius 1 is 1.39 bits per heavy atom. The number of imidazole rings is 1. The number of ketones is 1. The molecule has 9 heteroatoms. The highest BCUT2D eigenvalue weighted by Gasteiger charge is 2.23. The molecule has 0 spiro atoms. The first-order chi connectivity index (χ1) is 10.9. The fourth-order valence-electron chi connectivity index (χ4n) is 1.90. The molecule has 0 saturated heterocycles. The highest BCUT2D eigenvalue weighted by molar-refractivity contribution is 6.34. The minimum absolute atomic E-state index is 0.0500. The smallest absolute Gasteiger partial charge is 0.375 e. The van der Waals surface area contributed by atoms with E-state index in [0.717, 1.165) is 5.69 Å². The van der Waals surface area contributed by atoms with Crippen LogP contribution in [0.1, 0.15) is 18.3 Å². The van der Waals surface area contributed by atoms with Gasteiger partial charge in [-0.15, -0.1) is 0 Å². The van der Waals surface area contributed by atoms with Crippen molar-refractivity contribution in [3.05, 3.63) is 46.2 Å². The number of carbonyl (C=O) groups excluding carboxylic acids is 2. The van der Waals surface area contributed by atoms with Gasteiger partial charge in [-0.1, -0.05) is 0 Å². The maximum atomic E-state index is 11.8. The van der Waals surface area contributed by atoms with Crippen LogP contribution in [0.2, 0.25) is 0 Å². The molecule has 0 saturated carbocycles. The molecule has 2 aromatic rings. The number of carbonyl (C=O) groups is 2. The quantitative estimate of drug-likeness (QED) is 0.339. The average Bonchev–Trinajstić information content (AvgIpc) is 2.93. The van der Waals surface area contributed by atoms with Gasteiger partial charge >= 0.3 is 5.97 Å². The third kappa shape index (κ3) is 3.76. The Labute approximate surface area is 131 Å². The number of aromatic nitrogens is 3. The maximum absolute atomic E-state index is 11.8. The zero-order valence-electron chi connectivity index (χ0n) is 12.6. The van der Waals surface area contributed by atoms with Gasteiger partial charge in [-0.2, -0.15) is 0 Å². The van der Waals surface area contributed by atoms with Crippen LogP contribution in [0.3, 0.4) is 0 Å². The molecule has 0 aliphatic carbocycles. The van der Waals surface area contributed by atoms with Crippen molar-refractivity contribution in [1.82, 2.24) is 14.5 Å². The fourth-order valence-corrected chi connectivity index (χ4v) is 1.90. The molecule has 9 nitrogen and oxygen atoms in total. The summed E-state index contributed by atoms with van der Waals surface area (Å²) >= 11 is 0. The molecule has 23 heavy (non-hydrogen) atoms. The van der Waals surface area contributed by atoms with Gasteiger partial charge in [-0.25, -0.2) is 14.8 Å². The van der Waals surface area contributed by atoms with Crippen molar-refractivity contribution in [1.29, 1.82) is 0 Å². The van der Waals surface area contributed by atoms with E-state index in [1.54, 1.807) is 24.6 Å². The fraction of sp³-hybridized carbons (Fsp3) is 0.286. The molecule has 120 valence electrons. The van der Waals surface area contributed by atoms with Crippen LogP contribution in [0.15, 0.2) is 24.7 Å². The number of esters is 1. The van der Waals surface area contributed by atoms with Gasteiger partial charge in [0.2, 0.25) is 5.78 Å². The Balaban J connectivity index is 2.36. The van der Waals surface area contributed by atoms with Crippen LogP contribution in [0.4, 0.5) is 5.69 Å². The van der Waals surface area contributed by atoms with Crippen LogP contribution in [0.5, 0.6) is 0 Å². The second kappa shape index (κ2) is 6.77. The highest BCUT2D eigenvalue weighted by Crippen LogP contribution is 2.20. The lowest BCUT2D eigenvalue weighted by atomic mass is 10.1. The second-order valence-electron chi connectivity index (χ2n) is 4.64. The molecule has 2 rings (SSSR count). The van der Waals surface area contributed by atoms with E-state index in [4.69, 9.17) is 0 Å². The number of hydrogen-bond acceptors (Lipinski definition) is 7. The monoisotopic (exact) mass is 318 g/mol. The summed E-state index contributed by atoms with van der Waals surface area (Å²) in [5.41, 5.74) is 0.314. The molecule has 0 unspecified atom stereocenters. The van der Waals surface area contributed by atoms with Crippen LogP contribution in [0, 0.1) is 17.0 Å². The summed E-state index contributed by atoms with van der Waals surface area (Å²) in [5, 5.41) is 11.1. The number of nitrogens with zero attached hydrogens (tertiary/aromatic N) is 4. The van der Waals surface area contributed by atoms with Crippen molar-refractivity contribution in [3.63, 3.8) is 0 Å². The Kier molecular flexibility index (Phi) is 4.79. The van der Waals surface area contributed by atoms with E-state index in [2.05, 4.69) is 14.7 Å². The van der Waals surface area contributed by atoms with E-state index >= 15 is 0 Å². The first kappa shape index (κ1) is 16.3. The van der Waals surface area contributed by atoms with Gasteiger partial charge in [-0.05, 0) is 19.9 Å². The van der Waals surface area contributed by atoms with Crippen molar-refractivity contribution in [3.8, 4) is 5.82 Å². The molecule has 0 radical (unpaired) electrons. The Bertz CT molecular complexity index is 768.